The van der Waals surface area contributed by atoms with Crippen molar-refractivity contribution in [2.24, 2.45) is 11.7 Å². The number of rotatable bonds is 6. The van der Waals surface area contributed by atoms with Gasteiger partial charge in [-0.2, -0.15) is 0 Å². The number of hydrogen-bond donors (Lipinski definition) is 2. The Morgan fingerprint density at radius 1 is 1.33 bits per heavy atom. The summed E-state index contributed by atoms with van der Waals surface area (Å²) in [4.78, 5) is 25.5. The number of urea groups is 1. The van der Waals surface area contributed by atoms with Gasteiger partial charge in [-0.05, 0) is 44.1 Å². The van der Waals surface area contributed by atoms with Crippen molar-refractivity contribution in [1.29, 1.82) is 0 Å². The molecule has 0 saturated carbocycles. The Hall–Kier alpha value is -2.04. The number of likely N-dealkylation sites (tertiary alicyclic amines) is 1. The Labute approximate surface area is 144 Å². The van der Waals surface area contributed by atoms with Crippen molar-refractivity contribution in [1.82, 2.24) is 10.2 Å². The molecule has 0 aromatic heterocycles. The molecule has 1 aromatic carbocycles. The van der Waals surface area contributed by atoms with Crippen LogP contribution in [0.15, 0.2) is 24.3 Å². The van der Waals surface area contributed by atoms with Gasteiger partial charge in [0.05, 0.1) is 0 Å². The normalized spacial score (nSPS) is 18.9. The summed E-state index contributed by atoms with van der Waals surface area (Å²) in [6.45, 7) is 5.53. The second-order valence-electron chi connectivity index (χ2n) is 6.87. The Morgan fingerprint density at radius 3 is 2.67 bits per heavy atom. The Bertz CT molecular complexity index is 556. The van der Waals surface area contributed by atoms with Gasteiger partial charge in [-0.25, -0.2) is 4.79 Å². The van der Waals surface area contributed by atoms with Gasteiger partial charge in [0.1, 0.15) is 0 Å². The third kappa shape index (κ3) is 5.55. The average Bonchev–Trinajstić information content (AvgIpc) is 2.55. The summed E-state index contributed by atoms with van der Waals surface area (Å²) in [7, 11) is 0. The van der Waals surface area contributed by atoms with Crippen LogP contribution in [0.2, 0.25) is 0 Å². The van der Waals surface area contributed by atoms with E-state index in [2.05, 4.69) is 43.4 Å². The van der Waals surface area contributed by atoms with E-state index in [9.17, 15) is 9.59 Å². The summed E-state index contributed by atoms with van der Waals surface area (Å²) < 4.78 is 0. The number of nitrogens with one attached hydrogen (secondary N) is 1. The highest BCUT2D eigenvalue weighted by molar-refractivity contribution is 5.76. The Kier molecular flexibility index (Phi) is 6.64. The van der Waals surface area contributed by atoms with E-state index in [0.717, 1.165) is 32.2 Å². The van der Waals surface area contributed by atoms with Gasteiger partial charge in [-0.1, -0.05) is 36.8 Å². The molecule has 3 amide bonds. The van der Waals surface area contributed by atoms with Gasteiger partial charge in [-0.3, -0.25) is 4.79 Å². The molecule has 3 N–H and O–H groups in total. The second kappa shape index (κ2) is 8.71. The highest BCUT2D eigenvalue weighted by Gasteiger charge is 2.25. The molecule has 0 bridgehead atoms. The van der Waals surface area contributed by atoms with E-state index in [1.54, 1.807) is 0 Å². The number of amides is 3. The minimum atomic E-state index is -0.284. The lowest BCUT2D eigenvalue weighted by Crippen LogP contribution is -2.49. The maximum atomic E-state index is 12.5. The van der Waals surface area contributed by atoms with Crippen LogP contribution in [-0.2, 0) is 11.2 Å². The summed E-state index contributed by atoms with van der Waals surface area (Å²) in [5.74, 6) is -0.0905. The van der Waals surface area contributed by atoms with Gasteiger partial charge < -0.3 is 16.0 Å². The molecular formula is C19H29N3O2. The fourth-order valence-electron chi connectivity index (χ4n) is 3.27. The van der Waals surface area contributed by atoms with Gasteiger partial charge >= 0.3 is 6.03 Å². The quantitative estimate of drug-likeness (QED) is 0.841. The molecule has 5 nitrogen and oxygen atoms in total. The average molecular weight is 331 g/mol. The molecule has 5 heteroatoms. The van der Waals surface area contributed by atoms with Crippen molar-refractivity contribution >= 4 is 11.9 Å². The molecule has 0 spiro atoms. The minimum absolute atomic E-state index is 0.0249. The maximum Gasteiger partial charge on any atom is 0.317 e. The molecule has 2 atom stereocenters. The van der Waals surface area contributed by atoms with E-state index < -0.39 is 0 Å². The first-order valence-corrected chi connectivity index (χ1v) is 8.87. The zero-order valence-corrected chi connectivity index (χ0v) is 14.8. The topological polar surface area (TPSA) is 75.4 Å². The largest absolute Gasteiger partial charge is 0.370 e. The van der Waals surface area contributed by atoms with Crippen LogP contribution < -0.4 is 11.1 Å². The number of nitrogens with two attached hydrogens (primary N) is 1. The summed E-state index contributed by atoms with van der Waals surface area (Å²) >= 11 is 0. The van der Waals surface area contributed by atoms with Crippen LogP contribution in [0.4, 0.5) is 4.79 Å². The number of hydrogen-bond acceptors (Lipinski definition) is 2. The highest BCUT2D eigenvalue weighted by Crippen LogP contribution is 2.19. The monoisotopic (exact) mass is 331 g/mol. The van der Waals surface area contributed by atoms with Crippen molar-refractivity contribution in [2.75, 3.05) is 13.1 Å². The first-order chi connectivity index (χ1) is 11.5. The van der Waals surface area contributed by atoms with Crippen LogP contribution in [0.5, 0.6) is 0 Å². The zero-order valence-electron chi connectivity index (χ0n) is 14.8. The molecule has 1 fully saturated rings. The van der Waals surface area contributed by atoms with Crippen molar-refractivity contribution < 1.29 is 9.59 Å². The van der Waals surface area contributed by atoms with E-state index in [1.165, 1.54) is 11.1 Å². The smallest absolute Gasteiger partial charge is 0.317 e. The first-order valence-electron chi connectivity index (χ1n) is 8.87. The lowest BCUT2D eigenvalue weighted by Gasteiger charge is -2.33. The second-order valence-corrected chi connectivity index (χ2v) is 6.87. The molecular weight excluding hydrogens is 302 g/mol. The molecule has 1 heterocycles. The van der Waals surface area contributed by atoms with E-state index in [4.69, 9.17) is 5.73 Å². The van der Waals surface area contributed by atoms with Crippen LogP contribution in [-0.4, -0.2) is 36.0 Å². The molecule has 24 heavy (non-hydrogen) atoms. The number of primary amides is 1. The van der Waals surface area contributed by atoms with Crippen molar-refractivity contribution in [3.05, 3.63) is 35.4 Å². The minimum Gasteiger partial charge on any atom is -0.370 e. The molecule has 1 aliphatic heterocycles. The SMILES string of the molecule is CC[C@@H](Cc1ccc(C)cc1)NC(=O)N1CCC[C@@H](CC(N)=O)C1. The van der Waals surface area contributed by atoms with Crippen LogP contribution >= 0.6 is 0 Å². The van der Waals surface area contributed by atoms with Crippen molar-refractivity contribution in [3.63, 3.8) is 0 Å². The third-order valence-corrected chi connectivity index (χ3v) is 4.72. The van der Waals surface area contributed by atoms with E-state index in [1.807, 2.05) is 4.90 Å². The van der Waals surface area contributed by atoms with E-state index >= 15 is 0 Å². The third-order valence-electron chi connectivity index (χ3n) is 4.72. The predicted molar refractivity (Wildman–Crippen MR) is 95.6 cm³/mol. The van der Waals surface area contributed by atoms with E-state index in [-0.39, 0.29) is 23.9 Å². The molecule has 1 aromatic rings. The lowest BCUT2D eigenvalue weighted by molar-refractivity contribution is -0.119. The fraction of sp³-hybridized carbons (Fsp3) is 0.579. The van der Waals surface area contributed by atoms with Crippen LogP contribution in [0.1, 0.15) is 43.7 Å². The number of aryl methyl sites for hydroxylation is 1. The van der Waals surface area contributed by atoms with Crippen LogP contribution in [0, 0.1) is 12.8 Å². The van der Waals surface area contributed by atoms with Crippen LogP contribution in [0.3, 0.4) is 0 Å². The van der Waals surface area contributed by atoms with Gasteiger partial charge in [0.25, 0.3) is 0 Å². The van der Waals surface area contributed by atoms with Crippen molar-refractivity contribution in [3.8, 4) is 0 Å². The molecule has 132 valence electrons. The molecule has 0 radical (unpaired) electrons. The van der Waals surface area contributed by atoms with E-state index in [0.29, 0.717) is 13.0 Å². The molecule has 0 aliphatic carbocycles. The molecule has 1 aliphatic rings. The Morgan fingerprint density at radius 2 is 2.04 bits per heavy atom. The number of piperidine rings is 1. The molecule has 0 unspecified atom stereocenters. The molecule has 1 saturated heterocycles. The Balaban J connectivity index is 1.88. The van der Waals surface area contributed by atoms with Gasteiger partial charge in [0.15, 0.2) is 0 Å². The first kappa shape index (κ1) is 18.3. The maximum absolute atomic E-state index is 12.5. The van der Waals surface area contributed by atoms with Crippen LogP contribution in [0.25, 0.3) is 0 Å². The summed E-state index contributed by atoms with van der Waals surface area (Å²) in [6.07, 6.45) is 3.98. The summed E-state index contributed by atoms with van der Waals surface area (Å²) in [5, 5.41) is 3.14. The molecule has 2 rings (SSSR count). The van der Waals surface area contributed by atoms with Gasteiger partial charge in [0.2, 0.25) is 5.91 Å². The van der Waals surface area contributed by atoms with Gasteiger partial charge in [0, 0.05) is 25.6 Å². The number of nitrogens with zero attached hydrogens (tertiary/aromatic N) is 1. The standard InChI is InChI=1S/C19H29N3O2/c1-3-17(11-15-8-6-14(2)7-9-15)21-19(24)22-10-4-5-16(13-22)12-18(20)23/h6-9,16-17H,3-5,10-13H2,1-2H3,(H2,20,23)(H,21,24)/t16-,17-/m0/s1. The summed E-state index contributed by atoms with van der Waals surface area (Å²) in [5.41, 5.74) is 7.76. The zero-order chi connectivity index (χ0) is 17.5. The predicted octanol–water partition coefficient (Wildman–Crippen LogP) is 2.61. The van der Waals surface area contributed by atoms with Gasteiger partial charge in [-0.15, -0.1) is 0 Å². The number of carbonyl (C=O) groups excluding carboxylic acids is 2. The number of benzene rings is 1. The lowest BCUT2D eigenvalue weighted by atomic mass is 9.95. The number of carbonyl (C=O) groups is 2. The summed E-state index contributed by atoms with van der Waals surface area (Å²) in [6, 6.07) is 8.54. The fourth-order valence-corrected chi connectivity index (χ4v) is 3.27. The highest BCUT2D eigenvalue weighted by atomic mass is 16.2. The van der Waals surface area contributed by atoms with Crippen molar-refractivity contribution in [2.45, 2.75) is 52.0 Å².